The highest BCUT2D eigenvalue weighted by atomic mass is 32.1. The number of thiazole rings is 1. The highest BCUT2D eigenvalue weighted by Gasteiger charge is 2.29. The Morgan fingerprint density at radius 2 is 1.53 bits per heavy atom. The zero-order valence-corrected chi connectivity index (χ0v) is 17.7. The summed E-state index contributed by atoms with van der Waals surface area (Å²) in [5.74, 6) is 0.594. The van der Waals surface area contributed by atoms with E-state index in [0.717, 1.165) is 16.9 Å². The van der Waals surface area contributed by atoms with Crippen molar-refractivity contribution in [1.29, 1.82) is 0 Å². The minimum Gasteiger partial charge on any atom is -0.485 e. The number of para-hydroxylation sites is 2. The molecule has 158 valence electrons. The van der Waals surface area contributed by atoms with E-state index in [1.165, 1.54) is 0 Å². The van der Waals surface area contributed by atoms with Crippen LogP contribution in [0.3, 0.4) is 0 Å². The van der Waals surface area contributed by atoms with Crippen LogP contribution in [0, 0.1) is 0 Å². The van der Waals surface area contributed by atoms with Crippen molar-refractivity contribution in [2.24, 2.45) is 0 Å². The number of rotatable bonds is 5. The van der Waals surface area contributed by atoms with Crippen molar-refractivity contribution in [2.45, 2.75) is 6.10 Å². The van der Waals surface area contributed by atoms with Gasteiger partial charge >= 0.3 is 0 Å². The molecule has 6 nitrogen and oxygen atoms in total. The van der Waals surface area contributed by atoms with Crippen LogP contribution in [0.15, 0.2) is 84.9 Å². The first-order valence-corrected chi connectivity index (χ1v) is 10.9. The number of nitrogens with one attached hydrogen (secondary N) is 1. The average molecular weight is 442 g/mol. The van der Waals surface area contributed by atoms with Crippen molar-refractivity contribution in [3.05, 3.63) is 95.4 Å². The van der Waals surface area contributed by atoms with Crippen LogP contribution in [-0.2, 0) is 4.79 Å². The lowest BCUT2D eigenvalue weighted by molar-refractivity contribution is -0.125. The number of ketones is 1. The third kappa shape index (κ3) is 3.98. The van der Waals surface area contributed by atoms with Crippen molar-refractivity contribution in [1.82, 2.24) is 4.98 Å². The molecule has 1 aliphatic rings. The predicted octanol–water partition coefficient (Wildman–Crippen LogP) is 4.82. The molecule has 2 heterocycles. The Kier molecular flexibility index (Phi) is 5.39. The van der Waals surface area contributed by atoms with Gasteiger partial charge in [0.05, 0.1) is 5.69 Å². The summed E-state index contributed by atoms with van der Waals surface area (Å²) in [6.07, 6.45) is -0.817. The maximum atomic E-state index is 13.2. The molecule has 0 spiro atoms. The van der Waals surface area contributed by atoms with Gasteiger partial charge in [-0.05, 0) is 12.1 Å². The van der Waals surface area contributed by atoms with E-state index in [9.17, 15) is 9.59 Å². The van der Waals surface area contributed by atoms with Gasteiger partial charge in [-0.2, -0.15) is 0 Å². The number of fused-ring (bicyclic) bond motifs is 1. The Labute approximate surface area is 188 Å². The van der Waals surface area contributed by atoms with E-state index in [0.29, 0.717) is 32.8 Å². The van der Waals surface area contributed by atoms with Gasteiger partial charge in [-0.3, -0.25) is 14.9 Å². The molecule has 1 aliphatic heterocycles. The van der Waals surface area contributed by atoms with Crippen LogP contribution in [0.1, 0.15) is 15.2 Å². The third-order valence-corrected chi connectivity index (χ3v) is 5.92. The van der Waals surface area contributed by atoms with Gasteiger partial charge in [-0.1, -0.05) is 84.1 Å². The molecule has 3 aromatic carbocycles. The van der Waals surface area contributed by atoms with Crippen LogP contribution < -0.4 is 14.8 Å². The summed E-state index contributed by atoms with van der Waals surface area (Å²) in [5, 5.41) is 3.12. The molecule has 1 N–H and O–H groups in total. The Hall–Kier alpha value is -3.97. The van der Waals surface area contributed by atoms with Crippen LogP contribution >= 0.6 is 11.3 Å². The van der Waals surface area contributed by atoms with Gasteiger partial charge in [0.2, 0.25) is 11.9 Å². The number of hydrogen-bond acceptors (Lipinski definition) is 6. The molecular weight excluding hydrogens is 424 g/mol. The minimum absolute atomic E-state index is 0.0928. The molecule has 1 atom stereocenters. The molecule has 0 fully saturated rings. The molecule has 0 saturated carbocycles. The fourth-order valence-electron chi connectivity index (χ4n) is 3.37. The number of nitrogens with zero attached hydrogens (tertiary/aromatic N) is 1. The molecule has 0 aliphatic carbocycles. The third-order valence-electron chi connectivity index (χ3n) is 4.95. The molecule has 1 aromatic heterocycles. The molecule has 0 bridgehead atoms. The molecular formula is C25H18N2O4S. The SMILES string of the molecule is O=C(c1ccccc1)c1sc(NC(=O)[C@@H]2COc3ccccc3O2)nc1-c1ccccc1. The summed E-state index contributed by atoms with van der Waals surface area (Å²) >= 11 is 1.15. The summed E-state index contributed by atoms with van der Waals surface area (Å²) in [4.78, 5) is 31.1. The quantitative estimate of drug-likeness (QED) is 0.449. The lowest BCUT2D eigenvalue weighted by atomic mass is 10.1. The first-order chi connectivity index (χ1) is 15.7. The molecule has 1 amide bonds. The number of amides is 1. The number of aromatic nitrogens is 1. The molecule has 0 radical (unpaired) electrons. The second-order valence-electron chi connectivity index (χ2n) is 7.11. The first kappa shape index (κ1) is 20.0. The zero-order valence-electron chi connectivity index (χ0n) is 16.9. The van der Waals surface area contributed by atoms with Crippen LogP contribution in [0.25, 0.3) is 11.3 Å². The number of benzene rings is 3. The fraction of sp³-hybridized carbons (Fsp3) is 0.0800. The second kappa shape index (κ2) is 8.64. The van der Waals surface area contributed by atoms with Crippen molar-refractivity contribution < 1.29 is 19.1 Å². The summed E-state index contributed by atoms with van der Waals surface area (Å²) < 4.78 is 11.4. The number of hydrogen-bond donors (Lipinski definition) is 1. The highest BCUT2D eigenvalue weighted by Crippen LogP contribution is 2.34. The van der Waals surface area contributed by atoms with Gasteiger partial charge < -0.3 is 9.47 Å². The molecule has 7 heteroatoms. The minimum atomic E-state index is -0.817. The van der Waals surface area contributed by atoms with Crippen LogP contribution in [0.2, 0.25) is 0 Å². The van der Waals surface area contributed by atoms with Gasteiger partial charge in [-0.25, -0.2) is 4.98 Å². The van der Waals surface area contributed by atoms with E-state index in [2.05, 4.69) is 10.3 Å². The Balaban J connectivity index is 1.43. The van der Waals surface area contributed by atoms with Gasteiger partial charge in [0.25, 0.3) is 5.91 Å². The fourth-order valence-corrected chi connectivity index (χ4v) is 4.33. The van der Waals surface area contributed by atoms with Crippen molar-refractivity contribution in [3.8, 4) is 22.8 Å². The van der Waals surface area contributed by atoms with Crippen LogP contribution in [0.5, 0.6) is 11.5 Å². The van der Waals surface area contributed by atoms with Crippen molar-refractivity contribution in [2.75, 3.05) is 11.9 Å². The molecule has 0 saturated heterocycles. The number of carbonyl (C=O) groups is 2. The lowest BCUT2D eigenvalue weighted by Gasteiger charge is -2.25. The Bertz CT molecular complexity index is 1270. The van der Waals surface area contributed by atoms with Gasteiger partial charge in [0.1, 0.15) is 11.5 Å². The van der Waals surface area contributed by atoms with E-state index in [4.69, 9.17) is 9.47 Å². The van der Waals surface area contributed by atoms with Crippen molar-refractivity contribution in [3.63, 3.8) is 0 Å². The van der Waals surface area contributed by atoms with Crippen LogP contribution in [-0.4, -0.2) is 29.4 Å². The van der Waals surface area contributed by atoms with Gasteiger partial charge in [0.15, 0.2) is 16.6 Å². The standard InChI is InChI=1S/C25H18N2O4S/c28-22(17-11-5-2-6-12-17)23-21(16-9-3-1-4-10-16)26-25(32-23)27-24(29)20-15-30-18-13-7-8-14-19(18)31-20/h1-14,20H,15H2,(H,26,27,29)/t20-/m0/s1. The van der Waals surface area contributed by atoms with E-state index in [-0.39, 0.29) is 18.3 Å². The molecule has 5 rings (SSSR count). The largest absolute Gasteiger partial charge is 0.485 e. The first-order valence-electron chi connectivity index (χ1n) is 10.0. The summed E-state index contributed by atoms with van der Waals surface area (Å²) in [6, 6.07) is 25.7. The highest BCUT2D eigenvalue weighted by molar-refractivity contribution is 7.18. The van der Waals surface area contributed by atoms with E-state index >= 15 is 0 Å². The van der Waals surface area contributed by atoms with Crippen molar-refractivity contribution >= 4 is 28.2 Å². The van der Waals surface area contributed by atoms with E-state index < -0.39 is 6.10 Å². The molecule has 0 unspecified atom stereocenters. The molecule has 32 heavy (non-hydrogen) atoms. The lowest BCUT2D eigenvalue weighted by Crippen LogP contribution is -2.40. The number of carbonyl (C=O) groups excluding carboxylic acids is 2. The maximum Gasteiger partial charge on any atom is 0.270 e. The molecule has 4 aromatic rings. The normalized spacial score (nSPS) is 14.6. The summed E-state index contributed by atoms with van der Waals surface area (Å²) in [6.45, 7) is 0.0928. The van der Waals surface area contributed by atoms with E-state index in [1.54, 1.807) is 24.3 Å². The summed E-state index contributed by atoms with van der Waals surface area (Å²) in [7, 11) is 0. The number of anilines is 1. The maximum absolute atomic E-state index is 13.2. The Morgan fingerprint density at radius 1 is 0.875 bits per heavy atom. The monoisotopic (exact) mass is 442 g/mol. The predicted molar refractivity (Wildman–Crippen MR) is 122 cm³/mol. The number of ether oxygens (including phenoxy) is 2. The zero-order chi connectivity index (χ0) is 21.9. The van der Waals surface area contributed by atoms with E-state index in [1.807, 2.05) is 60.7 Å². The second-order valence-corrected chi connectivity index (χ2v) is 8.11. The van der Waals surface area contributed by atoms with Gasteiger partial charge in [-0.15, -0.1) is 0 Å². The van der Waals surface area contributed by atoms with Gasteiger partial charge in [0, 0.05) is 11.1 Å². The Morgan fingerprint density at radius 3 is 2.28 bits per heavy atom. The average Bonchev–Trinajstić information content (AvgIpc) is 3.28. The summed E-state index contributed by atoms with van der Waals surface area (Å²) in [5.41, 5.74) is 1.90. The smallest absolute Gasteiger partial charge is 0.270 e. The topological polar surface area (TPSA) is 77.5 Å². The van der Waals surface area contributed by atoms with Crippen LogP contribution in [0.4, 0.5) is 5.13 Å².